The Kier molecular flexibility index (Phi) is 5.92. The number of carbonyl (C=O) groups excluding carboxylic acids is 1. The third-order valence-corrected chi connectivity index (χ3v) is 6.12. The van der Waals surface area contributed by atoms with Crippen molar-refractivity contribution in [3.05, 3.63) is 64.6 Å². The molecule has 0 aliphatic carbocycles. The van der Waals surface area contributed by atoms with Crippen molar-refractivity contribution < 1.29 is 13.2 Å². The Labute approximate surface area is 144 Å². The Bertz CT molecular complexity index is 779. The number of carbonyl (C=O) groups is 1. The van der Waals surface area contributed by atoms with Gasteiger partial charge in [-0.25, -0.2) is 8.42 Å². The fraction of sp³-hybridized carbons (Fsp3) is 0.188. The molecule has 2 aromatic carbocycles. The van der Waals surface area contributed by atoms with Gasteiger partial charge in [0.2, 0.25) is 15.9 Å². The predicted molar refractivity (Wildman–Crippen MR) is 92.0 cm³/mol. The van der Waals surface area contributed by atoms with Crippen LogP contribution in [-0.4, -0.2) is 25.2 Å². The summed E-state index contributed by atoms with van der Waals surface area (Å²) in [6, 6.07) is 15.8. The maximum Gasteiger partial charge on any atom is 0.244 e. The molecule has 0 aliphatic rings. The summed E-state index contributed by atoms with van der Waals surface area (Å²) < 4.78 is 27.6. The monoisotopic (exact) mass is 396 g/mol. The number of hydrogen-bond donors (Lipinski definition) is 1. The fourth-order valence-electron chi connectivity index (χ4n) is 2.10. The summed E-state index contributed by atoms with van der Waals surface area (Å²) in [4.78, 5) is 11.2. The van der Waals surface area contributed by atoms with E-state index in [1.54, 1.807) is 18.2 Å². The molecule has 0 bridgehead atoms. The van der Waals surface area contributed by atoms with Gasteiger partial charge in [-0.1, -0.05) is 42.5 Å². The summed E-state index contributed by atoms with van der Waals surface area (Å²) in [6.07, 6.45) is -0.0312. The largest absolute Gasteiger partial charge is 0.370 e. The summed E-state index contributed by atoms with van der Waals surface area (Å²) in [7, 11) is -3.75. The predicted octanol–water partition coefficient (Wildman–Crippen LogP) is 2.52. The Morgan fingerprint density at radius 2 is 1.65 bits per heavy atom. The summed E-state index contributed by atoms with van der Waals surface area (Å²) in [5.41, 5.74) is 6.02. The number of benzene rings is 2. The van der Waals surface area contributed by atoms with Gasteiger partial charge in [0.15, 0.2) is 0 Å². The molecular formula is C16H17BrN2O3S. The van der Waals surface area contributed by atoms with Crippen LogP contribution in [0.1, 0.15) is 12.0 Å². The van der Waals surface area contributed by atoms with Gasteiger partial charge in [-0.3, -0.25) is 4.79 Å². The van der Waals surface area contributed by atoms with Crippen LogP contribution >= 0.6 is 15.9 Å². The number of nitrogens with zero attached hydrogens (tertiary/aromatic N) is 1. The van der Waals surface area contributed by atoms with E-state index in [1.807, 2.05) is 30.3 Å². The Balaban J connectivity index is 2.35. The molecule has 0 heterocycles. The van der Waals surface area contributed by atoms with Gasteiger partial charge in [0.25, 0.3) is 0 Å². The van der Waals surface area contributed by atoms with Crippen molar-refractivity contribution in [3.8, 4) is 0 Å². The maximum absolute atomic E-state index is 12.9. The number of primary amides is 1. The quantitative estimate of drug-likeness (QED) is 0.780. The molecule has 7 heteroatoms. The van der Waals surface area contributed by atoms with E-state index < -0.39 is 15.9 Å². The van der Waals surface area contributed by atoms with Crippen molar-refractivity contribution in [1.29, 1.82) is 0 Å². The molecule has 122 valence electrons. The molecular weight excluding hydrogens is 380 g/mol. The van der Waals surface area contributed by atoms with E-state index in [1.165, 1.54) is 10.4 Å². The number of rotatable bonds is 7. The van der Waals surface area contributed by atoms with E-state index in [-0.39, 0.29) is 24.4 Å². The summed E-state index contributed by atoms with van der Waals surface area (Å²) in [5.74, 6) is -0.537. The molecule has 0 saturated heterocycles. The average Bonchev–Trinajstić information content (AvgIpc) is 2.52. The second-order valence-electron chi connectivity index (χ2n) is 4.97. The van der Waals surface area contributed by atoms with E-state index in [9.17, 15) is 13.2 Å². The molecule has 2 N–H and O–H groups in total. The minimum Gasteiger partial charge on any atom is -0.370 e. The van der Waals surface area contributed by atoms with Crippen molar-refractivity contribution in [2.75, 3.05) is 6.54 Å². The van der Waals surface area contributed by atoms with Crippen LogP contribution < -0.4 is 5.73 Å². The third-order valence-electron chi connectivity index (χ3n) is 3.26. The molecule has 5 nitrogen and oxygen atoms in total. The van der Waals surface area contributed by atoms with E-state index in [4.69, 9.17) is 5.73 Å². The van der Waals surface area contributed by atoms with Crippen molar-refractivity contribution in [2.24, 2.45) is 5.73 Å². The highest BCUT2D eigenvalue weighted by Gasteiger charge is 2.26. The van der Waals surface area contributed by atoms with Crippen molar-refractivity contribution in [3.63, 3.8) is 0 Å². The summed E-state index contributed by atoms with van der Waals surface area (Å²) in [6.45, 7) is 0.214. The van der Waals surface area contributed by atoms with Crippen LogP contribution in [0.4, 0.5) is 0 Å². The van der Waals surface area contributed by atoms with E-state index in [0.717, 1.165) is 5.56 Å². The first-order valence-electron chi connectivity index (χ1n) is 6.98. The van der Waals surface area contributed by atoms with Gasteiger partial charge in [0.05, 0.1) is 4.90 Å². The number of halogens is 1. The highest BCUT2D eigenvalue weighted by Crippen LogP contribution is 2.26. The molecule has 0 fully saturated rings. The highest BCUT2D eigenvalue weighted by molar-refractivity contribution is 9.10. The molecule has 0 radical (unpaired) electrons. The van der Waals surface area contributed by atoms with Crippen LogP contribution in [0.2, 0.25) is 0 Å². The van der Waals surface area contributed by atoms with Crippen LogP contribution in [0.25, 0.3) is 0 Å². The minimum atomic E-state index is -3.75. The number of hydrogen-bond acceptors (Lipinski definition) is 3. The fourth-order valence-corrected chi connectivity index (χ4v) is 4.49. The molecule has 1 amide bonds. The first-order valence-corrected chi connectivity index (χ1v) is 9.21. The number of sulfonamides is 1. The molecule has 2 rings (SSSR count). The lowest BCUT2D eigenvalue weighted by atomic mass is 10.2. The molecule has 2 aromatic rings. The lowest BCUT2D eigenvalue weighted by Crippen LogP contribution is -2.33. The van der Waals surface area contributed by atoms with Crippen LogP contribution in [-0.2, 0) is 21.4 Å². The van der Waals surface area contributed by atoms with E-state index in [2.05, 4.69) is 15.9 Å². The average molecular weight is 397 g/mol. The lowest BCUT2D eigenvalue weighted by Gasteiger charge is -2.22. The zero-order valence-corrected chi connectivity index (χ0v) is 14.8. The van der Waals surface area contributed by atoms with Gasteiger partial charge in [-0.2, -0.15) is 4.31 Å². The Hall–Kier alpha value is -1.70. The van der Waals surface area contributed by atoms with Gasteiger partial charge in [0.1, 0.15) is 0 Å². The molecule has 0 unspecified atom stereocenters. The van der Waals surface area contributed by atoms with Gasteiger partial charge >= 0.3 is 0 Å². The van der Waals surface area contributed by atoms with Crippen molar-refractivity contribution >= 4 is 31.9 Å². The van der Waals surface area contributed by atoms with Crippen molar-refractivity contribution in [1.82, 2.24) is 4.31 Å². The Morgan fingerprint density at radius 3 is 2.26 bits per heavy atom. The molecule has 0 aliphatic heterocycles. The first kappa shape index (κ1) is 17.7. The van der Waals surface area contributed by atoms with Gasteiger partial charge in [0, 0.05) is 24.0 Å². The van der Waals surface area contributed by atoms with E-state index in [0.29, 0.717) is 4.47 Å². The Morgan fingerprint density at radius 1 is 1.04 bits per heavy atom. The van der Waals surface area contributed by atoms with Crippen LogP contribution in [0, 0.1) is 0 Å². The zero-order valence-electron chi connectivity index (χ0n) is 12.4. The van der Waals surface area contributed by atoms with Crippen molar-refractivity contribution in [2.45, 2.75) is 17.9 Å². The SMILES string of the molecule is NC(=O)CCN(Cc1ccccc1)S(=O)(=O)c1ccccc1Br. The lowest BCUT2D eigenvalue weighted by molar-refractivity contribution is -0.118. The normalized spacial score (nSPS) is 11.6. The standard InChI is InChI=1S/C16H17BrN2O3S/c17-14-8-4-5-9-15(14)23(21,22)19(11-10-16(18)20)12-13-6-2-1-3-7-13/h1-9H,10-12H2,(H2,18,20). The third kappa shape index (κ3) is 4.63. The second kappa shape index (κ2) is 7.72. The smallest absolute Gasteiger partial charge is 0.244 e. The topological polar surface area (TPSA) is 80.5 Å². The second-order valence-corrected chi connectivity index (χ2v) is 7.73. The number of nitrogens with two attached hydrogens (primary N) is 1. The van der Waals surface area contributed by atoms with Gasteiger partial charge < -0.3 is 5.73 Å². The maximum atomic E-state index is 12.9. The highest BCUT2D eigenvalue weighted by atomic mass is 79.9. The summed E-state index contributed by atoms with van der Waals surface area (Å²) >= 11 is 3.27. The minimum absolute atomic E-state index is 0.0312. The molecule has 0 aromatic heterocycles. The van der Waals surface area contributed by atoms with Gasteiger partial charge in [-0.15, -0.1) is 0 Å². The van der Waals surface area contributed by atoms with Crippen LogP contribution in [0.3, 0.4) is 0 Å². The molecule has 0 atom stereocenters. The van der Waals surface area contributed by atoms with Gasteiger partial charge in [-0.05, 0) is 33.6 Å². The van der Waals surface area contributed by atoms with E-state index >= 15 is 0 Å². The van der Waals surface area contributed by atoms with Crippen LogP contribution in [0.15, 0.2) is 64.0 Å². The zero-order chi connectivity index (χ0) is 16.9. The molecule has 23 heavy (non-hydrogen) atoms. The molecule has 0 spiro atoms. The molecule has 0 saturated carbocycles. The summed E-state index contributed by atoms with van der Waals surface area (Å²) in [5, 5.41) is 0. The first-order chi connectivity index (χ1) is 10.9. The number of amides is 1. The van der Waals surface area contributed by atoms with Crippen LogP contribution in [0.5, 0.6) is 0 Å².